The largest absolute Gasteiger partial charge is 0.407 e. The minimum absolute atomic E-state index is 0.0687. The summed E-state index contributed by atoms with van der Waals surface area (Å²) in [7, 11) is -2.35. The summed E-state index contributed by atoms with van der Waals surface area (Å²) in [6.07, 6.45) is 1.17. The Kier molecular flexibility index (Phi) is 7.07. The Morgan fingerprint density at radius 1 is 0.917 bits per heavy atom. The van der Waals surface area contributed by atoms with Crippen molar-refractivity contribution in [3.8, 4) is 0 Å². The number of alkyl halides is 1. The summed E-state index contributed by atoms with van der Waals surface area (Å²) < 4.78 is 8.09. The summed E-state index contributed by atoms with van der Waals surface area (Å²) in [5.74, 6) is 0.618. The molecule has 0 bridgehead atoms. The van der Waals surface area contributed by atoms with Crippen molar-refractivity contribution in [1.82, 2.24) is 0 Å². The van der Waals surface area contributed by atoms with Crippen LogP contribution < -0.4 is 10.4 Å². The maximum atomic E-state index is 6.94. The number of hydrogen-bond acceptors (Lipinski definition) is 1. The number of benzene rings is 2. The summed E-state index contributed by atoms with van der Waals surface area (Å²) in [6.45, 7) is 10.1. The van der Waals surface area contributed by atoms with Gasteiger partial charge < -0.3 is 4.43 Å². The van der Waals surface area contributed by atoms with Crippen LogP contribution in [0.25, 0.3) is 0 Å². The van der Waals surface area contributed by atoms with Crippen LogP contribution >= 0.6 is 22.6 Å². The van der Waals surface area contributed by atoms with Gasteiger partial charge in [0.25, 0.3) is 8.32 Å². The Morgan fingerprint density at radius 2 is 1.38 bits per heavy atom. The monoisotopic (exact) mass is 452 g/mol. The minimum atomic E-state index is -2.35. The molecule has 0 fully saturated rings. The first-order valence-corrected chi connectivity index (χ1v) is 12.2. The normalized spacial score (nSPS) is 13.7. The fourth-order valence-corrected chi connectivity index (χ4v) is 8.79. The molecule has 0 radical (unpaired) electrons. The molecule has 0 spiro atoms. The predicted octanol–water partition coefficient (Wildman–Crippen LogP) is 5.02. The van der Waals surface area contributed by atoms with Gasteiger partial charge in [0.15, 0.2) is 0 Å². The number of hydrogen-bond donors (Lipinski definition) is 0. The second kappa shape index (κ2) is 8.63. The lowest BCUT2D eigenvalue weighted by Gasteiger charge is -2.43. The fourth-order valence-electron chi connectivity index (χ4n) is 3.28. The lowest BCUT2D eigenvalue weighted by Crippen LogP contribution is -2.66. The van der Waals surface area contributed by atoms with Crippen LogP contribution in [0.4, 0.5) is 0 Å². The van der Waals surface area contributed by atoms with E-state index in [2.05, 4.69) is 111 Å². The number of halogens is 1. The average Bonchev–Trinajstić information content (AvgIpc) is 2.59. The van der Waals surface area contributed by atoms with Crippen LogP contribution in [0.1, 0.15) is 34.1 Å². The molecule has 1 unspecified atom stereocenters. The van der Waals surface area contributed by atoms with Gasteiger partial charge in [0.05, 0.1) is 0 Å². The molecule has 130 valence electrons. The molecular weight excluding hydrogens is 423 g/mol. The highest BCUT2D eigenvalue weighted by atomic mass is 127. The van der Waals surface area contributed by atoms with E-state index in [4.69, 9.17) is 4.43 Å². The van der Waals surface area contributed by atoms with E-state index in [1.165, 1.54) is 16.8 Å². The molecule has 0 aliphatic rings. The summed E-state index contributed by atoms with van der Waals surface area (Å²) in [4.78, 5) is 0. The lowest BCUT2D eigenvalue weighted by atomic mass is 10.1. The molecule has 0 amide bonds. The zero-order valence-corrected chi connectivity index (χ0v) is 18.4. The van der Waals surface area contributed by atoms with E-state index in [1.807, 2.05) is 0 Å². The molecule has 0 heterocycles. The third-order valence-electron chi connectivity index (χ3n) is 4.75. The van der Waals surface area contributed by atoms with Crippen molar-refractivity contribution in [1.29, 1.82) is 0 Å². The predicted molar refractivity (Wildman–Crippen MR) is 116 cm³/mol. The molecule has 2 aromatic carbocycles. The van der Waals surface area contributed by atoms with Crippen LogP contribution in [0.2, 0.25) is 5.04 Å². The zero-order chi connectivity index (χ0) is 17.6. The molecule has 0 saturated carbocycles. The first-order chi connectivity index (χ1) is 11.5. The van der Waals surface area contributed by atoms with Crippen molar-refractivity contribution >= 4 is 41.3 Å². The molecule has 1 atom stereocenters. The van der Waals surface area contributed by atoms with E-state index in [0.29, 0.717) is 5.92 Å². The van der Waals surface area contributed by atoms with Crippen molar-refractivity contribution in [2.75, 3.05) is 11.0 Å². The van der Waals surface area contributed by atoms with E-state index in [0.717, 1.165) is 11.0 Å². The van der Waals surface area contributed by atoms with Crippen LogP contribution in [0.15, 0.2) is 60.7 Å². The van der Waals surface area contributed by atoms with Crippen molar-refractivity contribution in [2.45, 2.75) is 39.2 Å². The maximum absolute atomic E-state index is 6.94. The Morgan fingerprint density at radius 3 is 1.71 bits per heavy atom. The Hall–Kier alpha value is -0.653. The highest BCUT2D eigenvalue weighted by molar-refractivity contribution is 14.1. The SMILES string of the molecule is CCC(CI)CO[Si](c1ccccc1)(c1ccccc1)C(C)(C)C. The van der Waals surface area contributed by atoms with E-state index >= 15 is 0 Å². The lowest BCUT2D eigenvalue weighted by molar-refractivity contribution is 0.246. The van der Waals surface area contributed by atoms with Gasteiger partial charge in [-0.25, -0.2) is 0 Å². The summed E-state index contributed by atoms with van der Waals surface area (Å²) in [6, 6.07) is 21.8. The van der Waals surface area contributed by atoms with Gasteiger partial charge in [-0.05, 0) is 21.3 Å². The maximum Gasteiger partial charge on any atom is 0.261 e. The first kappa shape index (κ1) is 19.7. The fraction of sp³-hybridized carbons (Fsp3) is 0.429. The third-order valence-corrected chi connectivity index (χ3v) is 11.0. The Balaban J connectivity index is 2.57. The second-order valence-corrected chi connectivity index (χ2v) is 12.6. The quantitative estimate of drug-likeness (QED) is 0.326. The van der Waals surface area contributed by atoms with Gasteiger partial charge >= 0.3 is 0 Å². The molecule has 3 heteroatoms. The Bertz CT molecular complexity index is 563. The summed E-state index contributed by atoms with van der Waals surface area (Å²) in [5, 5.41) is 2.80. The molecule has 24 heavy (non-hydrogen) atoms. The smallest absolute Gasteiger partial charge is 0.261 e. The molecule has 2 aromatic rings. The van der Waals surface area contributed by atoms with Gasteiger partial charge in [-0.1, -0.05) is 117 Å². The molecular formula is C21H29IOSi. The second-order valence-electron chi connectivity index (χ2n) is 7.40. The van der Waals surface area contributed by atoms with Gasteiger partial charge in [-0.3, -0.25) is 0 Å². The minimum Gasteiger partial charge on any atom is -0.407 e. The first-order valence-electron chi connectivity index (χ1n) is 8.76. The van der Waals surface area contributed by atoms with E-state index in [1.54, 1.807) is 0 Å². The van der Waals surface area contributed by atoms with E-state index in [-0.39, 0.29) is 5.04 Å². The summed E-state index contributed by atoms with van der Waals surface area (Å²) in [5.41, 5.74) is 0. The highest BCUT2D eigenvalue weighted by Crippen LogP contribution is 2.37. The van der Waals surface area contributed by atoms with E-state index in [9.17, 15) is 0 Å². The van der Waals surface area contributed by atoms with Gasteiger partial charge in [-0.2, -0.15) is 0 Å². The van der Waals surface area contributed by atoms with Gasteiger partial charge in [-0.15, -0.1) is 0 Å². The van der Waals surface area contributed by atoms with Crippen LogP contribution in [-0.2, 0) is 4.43 Å². The van der Waals surface area contributed by atoms with Gasteiger partial charge in [0, 0.05) is 11.0 Å². The van der Waals surface area contributed by atoms with Gasteiger partial charge in [0.1, 0.15) is 0 Å². The van der Waals surface area contributed by atoms with Crippen LogP contribution in [0.3, 0.4) is 0 Å². The number of rotatable bonds is 7. The average molecular weight is 452 g/mol. The molecule has 2 rings (SSSR count). The zero-order valence-electron chi connectivity index (χ0n) is 15.3. The summed E-state index contributed by atoms with van der Waals surface area (Å²) >= 11 is 2.49. The van der Waals surface area contributed by atoms with Gasteiger partial charge in [0.2, 0.25) is 0 Å². The van der Waals surface area contributed by atoms with Crippen molar-refractivity contribution < 1.29 is 4.43 Å². The molecule has 0 saturated heterocycles. The molecule has 0 aliphatic heterocycles. The van der Waals surface area contributed by atoms with Crippen molar-refractivity contribution in [2.24, 2.45) is 5.92 Å². The van der Waals surface area contributed by atoms with Crippen molar-refractivity contribution in [3.05, 3.63) is 60.7 Å². The van der Waals surface area contributed by atoms with E-state index < -0.39 is 8.32 Å². The molecule has 0 aliphatic carbocycles. The van der Waals surface area contributed by atoms with Crippen LogP contribution in [0, 0.1) is 5.92 Å². The standard InChI is InChI=1S/C21H29IOSi/c1-5-18(16-22)17-23-24(21(2,3)4,19-12-8-6-9-13-19)20-14-10-7-11-15-20/h6-15,18H,5,16-17H2,1-4H3. The topological polar surface area (TPSA) is 9.23 Å². The molecule has 1 nitrogen and oxygen atoms in total. The van der Waals surface area contributed by atoms with Crippen LogP contribution in [-0.4, -0.2) is 19.4 Å². The molecule has 0 aromatic heterocycles. The van der Waals surface area contributed by atoms with Crippen molar-refractivity contribution in [3.63, 3.8) is 0 Å². The Labute approximate surface area is 162 Å². The molecule has 0 N–H and O–H groups in total. The van der Waals surface area contributed by atoms with Crippen LogP contribution in [0.5, 0.6) is 0 Å². The third kappa shape index (κ3) is 4.11. The highest BCUT2D eigenvalue weighted by Gasteiger charge is 2.50.